The van der Waals surface area contributed by atoms with E-state index in [1.54, 1.807) is 11.3 Å². The molecule has 0 aliphatic rings. The van der Waals surface area contributed by atoms with Crippen LogP contribution in [0, 0.1) is 0 Å². The number of fused-ring (bicyclic) bond motifs is 4. The van der Waals surface area contributed by atoms with E-state index in [1.807, 2.05) is 11.3 Å². The van der Waals surface area contributed by atoms with E-state index in [2.05, 4.69) is 223 Å². The van der Waals surface area contributed by atoms with E-state index in [1.165, 1.54) is 69.4 Å². The van der Waals surface area contributed by atoms with Crippen molar-refractivity contribution in [2.45, 2.75) is 0 Å². The van der Waals surface area contributed by atoms with Crippen LogP contribution in [0.15, 0.2) is 218 Å². The second-order valence-electron chi connectivity index (χ2n) is 14.7. The molecule has 0 bridgehead atoms. The Morgan fingerprint density at radius 3 is 1.61 bits per heavy atom. The standard InChI is InChI=1S/C55H36N2S2/c1-5-15-37(16-6-1)39-27-29-43(30-28-39)57(44-24-13-23-42(33-44)38-17-7-2-8-18-38)45-31-32-46(49(34-45)40-19-9-3-10-20-40)47-25-14-26-48-50-35-51-53(36-52(50)58-54(47)48)59-55(56-51)41-21-11-4-12-22-41/h1-36H. The summed E-state index contributed by atoms with van der Waals surface area (Å²) in [6.07, 6.45) is 0. The highest BCUT2D eigenvalue weighted by molar-refractivity contribution is 7.27. The molecule has 11 rings (SSSR count). The van der Waals surface area contributed by atoms with Gasteiger partial charge in [-0.3, -0.25) is 0 Å². The predicted molar refractivity (Wildman–Crippen MR) is 254 cm³/mol. The van der Waals surface area contributed by atoms with Crippen LogP contribution in [-0.2, 0) is 0 Å². The van der Waals surface area contributed by atoms with Crippen LogP contribution in [0.4, 0.5) is 17.1 Å². The molecule has 0 atom stereocenters. The highest BCUT2D eigenvalue weighted by atomic mass is 32.1. The summed E-state index contributed by atoms with van der Waals surface area (Å²) in [5, 5.41) is 3.58. The fourth-order valence-corrected chi connectivity index (χ4v) is 10.6. The fraction of sp³-hybridized carbons (Fsp3) is 0. The third-order valence-corrected chi connectivity index (χ3v) is 13.4. The normalized spacial score (nSPS) is 11.4. The first-order valence-electron chi connectivity index (χ1n) is 19.9. The minimum atomic E-state index is 1.05. The van der Waals surface area contributed by atoms with E-state index in [0.29, 0.717) is 0 Å². The van der Waals surface area contributed by atoms with Gasteiger partial charge in [0.2, 0.25) is 0 Å². The Balaban J connectivity index is 1.07. The highest BCUT2D eigenvalue weighted by Gasteiger charge is 2.20. The molecule has 11 aromatic rings. The van der Waals surface area contributed by atoms with E-state index in [9.17, 15) is 0 Å². The van der Waals surface area contributed by atoms with Gasteiger partial charge >= 0.3 is 0 Å². The van der Waals surface area contributed by atoms with Gasteiger partial charge in [0.1, 0.15) is 5.01 Å². The molecule has 0 amide bonds. The van der Waals surface area contributed by atoms with Crippen LogP contribution in [0.3, 0.4) is 0 Å². The second kappa shape index (κ2) is 15.0. The molecule has 0 spiro atoms. The van der Waals surface area contributed by atoms with Crippen molar-refractivity contribution in [2.75, 3.05) is 4.90 Å². The number of benzene rings is 9. The van der Waals surface area contributed by atoms with E-state index in [0.717, 1.165) is 33.1 Å². The van der Waals surface area contributed by atoms with Crippen LogP contribution in [0.1, 0.15) is 0 Å². The SMILES string of the molecule is c1ccc(-c2ccc(N(c3cccc(-c4ccccc4)c3)c3ccc(-c4cccc5c4sc4cc6sc(-c7ccccc7)nc6cc45)c(-c4ccccc4)c3)cc2)cc1. The summed E-state index contributed by atoms with van der Waals surface area (Å²) in [5.41, 5.74) is 15.1. The lowest BCUT2D eigenvalue weighted by atomic mass is 9.92. The molecule has 59 heavy (non-hydrogen) atoms. The molecular formula is C55H36N2S2. The molecule has 9 aromatic carbocycles. The Labute approximate surface area is 351 Å². The summed E-state index contributed by atoms with van der Waals surface area (Å²) < 4.78 is 3.79. The number of nitrogens with zero attached hydrogens (tertiary/aromatic N) is 2. The first-order chi connectivity index (χ1) is 29.2. The first-order valence-corrected chi connectivity index (χ1v) is 21.5. The zero-order chi connectivity index (χ0) is 39.1. The molecule has 0 aliphatic heterocycles. The van der Waals surface area contributed by atoms with Gasteiger partial charge in [-0.05, 0) is 87.5 Å². The Kier molecular flexibility index (Phi) is 8.92. The maximum atomic E-state index is 5.09. The van der Waals surface area contributed by atoms with Gasteiger partial charge in [0.15, 0.2) is 0 Å². The molecule has 0 saturated carbocycles. The van der Waals surface area contributed by atoms with Crippen molar-refractivity contribution in [3.05, 3.63) is 218 Å². The molecule has 0 unspecified atom stereocenters. The minimum Gasteiger partial charge on any atom is -0.310 e. The summed E-state index contributed by atoms with van der Waals surface area (Å²) in [6, 6.07) is 78.8. The summed E-state index contributed by atoms with van der Waals surface area (Å²) in [4.78, 5) is 7.48. The zero-order valence-electron chi connectivity index (χ0n) is 32.0. The average Bonchev–Trinajstić information content (AvgIpc) is 3.90. The third-order valence-electron chi connectivity index (χ3n) is 11.1. The Hall–Kier alpha value is -7.11. The predicted octanol–water partition coefficient (Wildman–Crippen LogP) is 16.5. The molecule has 4 heteroatoms. The summed E-state index contributed by atoms with van der Waals surface area (Å²) >= 11 is 3.64. The van der Waals surface area contributed by atoms with Crippen molar-refractivity contribution in [2.24, 2.45) is 0 Å². The quantitative estimate of drug-likeness (QED) is 0.152. The number of anilines is 3. The van der Waals surface area contributed by atoms with Gasteiger partial charge in [-0.1, -0.05) is 170 Å². The lowest BCUT2D eigenvalue weighted by Gasteiger charge is -2.27. The molecule has 0 N–H and O–H groups in total. The summed E-state index contributed by atoms with van der Waals surface area (Å²) in [5.74, 6) is 0. The molecule has 2 aromatic heterocycles. The molecule has 0 fully saturated rings. The van der Waals surface area contributed by atoms with Crippen molar-refractivity contribution >= 4 is 70.1 Å². The average molecular weight is 789 g/mol. The summed E-state index contributed by atoms with van der Waals surface area (Å²) in [6.45, 7) is 0. The molecule has 0 aliphatic carbocycles. The van der Waals surface area contributed by atoms with Crippen molar-refractivity contribution in [1.82, 2.24) is 4.98 Å². The number of rotatable bonds is 8. The minimum absolute atomic E-state index is 1.05. The van der Waals surface area contributed by atoms with E-state index >= 15 is 0 Å². The molecule has 0 radical (unpaired) electrons. The van der Waals surface area contributed by atoms with Crippen LogP contribution in [0.2, 0.25) is 0 Å². The molecule has 2 heterocycles. The largest absolute Gasteiger partial charge is 0.310 e. The number of thiophene rings is 1. The number of hydrogen-bond donors (Lipinski definition) is 0. The van der Waals surface area contributed by atoms with Gasteiger partial charge < -0.3 is 4.90 Å². The van der Waals surface area contributed by atoms with Gasteiger partial charge in [-0.25, -0.2) is 4.98 Å². The fourth-order valence-electron chi connectivity index (χ4n) is 8.23. The Morgan fingerprint density at radius 1 is 0.322 bits per heavy atom. The molecule has 278 valence electrons. The summed E-state index contributed by atoms with van der Waals surface area (Å²) in [7, 11) is 0. The van der Waals surface area contributed by atoms with Crippen LogP contribution >= 0.6 is 22.7 Å². The van der Waals surface area contributed by atoms with Gasteiger partial charge in [0.25, 0.3) is 0 Å². The van der Waals surface area contributed by atoms with Crippen LogP contribution < -0.4 is 4.90 Å². The topological polar surface area (TPSA) is 16.1 Å². The van der Waals surface area contributed by atoms with Crippen LogP contribution in [0.25, 0.3) is 85.5 Å². The van der Waals surface area contributed by atoms with Gasteiger partial charge in [-0.2, -0.15) is 0 Å². The maximum Gasteiger partial charge on any atom is 0.124 e. The Morgan fingerprint density at radius 2 is 0.898 bits per heavy atom. The van der Waals surface area contributed by atoms with Crippen molar-refractivity contribution in [1.29, 1.82) is 0 Å². The smallest absolute Gasteiger partial charge is 0.124 e. The van der Waals surface area contributed by atoms with Crippen LogP contribution in [-0.4, -0.2) is 4.98 Å². The zero-order valence-corrected chi connectivity index (χ0v) is 33.6. The van der Waals surface area contributed by atoms with Gasteiger partial charge in [-0.15, -0.1) is 22.7 Å². The number of thiazole rings is 1. The van der Waals surface area contributed by atoms with E-state index in [4.69, 9.17) is 4.98 Å². The lowest BCUT2D eigenvalue weighted by molar-refractivity contribution is 1.28. The number of aromatic nitrogens is 1. The molecule has 2 nitrogen and oxygen atoms in total. The van der Waals surface area contributed by atoms with Crippen LogP contribution in [0.5, 0.6) is 0 Å². The van der Waals surface area contributed by atoms with Gasteiger partial charge in [0, 0.05) is 48.4 Å². The third kappa shape index (κ3) is 6.59. The van der Waals surface area contributed by atoms with E-state index in [-0.39, 0.29) is 0 Å². The second-order valence-corrected chi connectivity index (χ2v) is 16.8. The highest BCUT2D eigenvalue weighted by Crippen LogP contribution is 2.47. The van der Waals surface area contributed by atoms with E-state index < -0.39 is 0 Å². The molecular weight excluding hydrogens is 753 g/mol. The first kappa shape index (κ1) is 35.1. The molecule has 0 saturated heterocycles. The Bertz CT molecular complexity index is 3240. The van der Waals surface area contributed by atoms with Crippen molar-refractivity contribution in [3.63, 3.8) is 0 Å². The lowest BCUT2D eigenvalue weighted by Crippen LogP contribution is -2.10. The monoisotopic (exact) mass is 788 g/mol. The van der Waals surface area contributed by atoms with Crippen molar-refractivity contribution in [3.8, 4) is 55.1 Å². The number of hydrogen-bond acceptors (Lipinski definition) is 4. The van der Waals surface area contributed by atoms with Crippen molar-refractivity contribution < 1.29 is 0 Å². The van der Waals surface area contributed by atoms with Gasteiger partial charge in [0.05, 0.1) is 10.2 Å². The maximum absolute atomic E-state index is 5.09.